The molecule has 1 aliphatic rings. The molecule has 2 aromatic carbocycles. The van der Waals surface area contributed by atoms with E-state index < -0.39 is 0 Å². The fraction of sp³-hybridized carbons (Fsp3) is 0.368. The molecule has 2 aromatic rings. The molecule has 0 heterocycles. The van der Waals surface area contributed by atoms with Crippen LogP contribution in [-0.2, 0) is 6.54 Å². The minimum absolute atomic E-state index is 0.539. The molecule has 0 aliphatic heterocycles. The zero-order valence-electron chi connectivity index (χ0n) is 12.3. The summed E-state index contributed by atoms with van der Waals surface area (Å²) in [5, 5.41) is 0.763. The van der Waals surface area contributed by atoms with Crippen LogP contribution in [0.1, 0.15) is 49.1 Å². The Hall–Kier alpha value is -1.31. The minimum atomic E-state index is 0.539. The van der Waals surface area contributed by atoms with Gasteiger partial charge in [0.1, 0.15) is 0 Å². The van der Waals surface area contributed by atoms with Gasteiger partial charge in [0, 0.05) is 11.6 Å². The zero-order chi connectivity index (χ0) is 14.7. The lowest BCUT2D eigenvalue weighted by Gasteiger charge is -2.22. The molecule has 2 heteroatoms. The van der Waals surface area contributed by atoms with E-state index in [9.17, 15) is 0 Å². The predicted molar refractivity (Wildman–Crippen MR) is 90.6 cm³/mol. The van der Waals surface area contributed by atoms with Crippen LogP contribution in [-0.4, -0.2) is 0 Å². The maximum atomic E-state index is 6.14. The van der Waals surface area contributed by atoms with Crippen molar-refractivity contribution in [2.45, 2.75) is 44.6 Å². The molecule has 0 unspecified atom stereocenters. The number of benzene rings is 2. The minimum Gasteiger partial charge on any atom is -0.326 e. The summed E-state index contributed by atoms with van der Waals surface area (Å²) in [7, 11) is 0. The molecule has 110 valence electrons. The van der Waals surface area contributed by atoms with Gasteiger partial charge < -0.3 is 5.73 Å². The predicted octanol–water partition coefficient (Wildman–Crippen LogP) is 5.51. The SMILES string of the molecule is NCc1ccc(Cl)cc1-c1ccc(C2CCCCC2)cc1. The lowest BCUT2D eigenvalue weighted by Crippen LogP contribution is -2.04. The molecule has 21 heavy (non-hydrogen) atoms. The van der Waals surface area contributed by atoms with Gasteiger partial charge in [0.15, 0.2) is 0 Å². The molecule has 0 radical (unpaired) electrons. The van der Waals surface area contributed by atoms with Gasteiger partial charge in [-0.05, 0) is 53.1 Å². The maximum Gasteiger partial charge on any atom is 0.0412 e. The molecule has 1 aliphatic carbocycles. The Labute approximate surface area is 132 Å². The number of nitrogens with two attached hydrogens (primary N) is 1. The Morgan fingerprint density at radius 1 is 0.952 bits per heavy atom. The number of halogens is 1. The molecule has 0 atom stereocenters. The van der Waals surface area contributed by atoms with Crippen LogP contribution in [0.3, 0.4) is 0 Å². The van der Waals surface area contributed by atoms with Crippen LogP contribution in [0, 0.1) is 0 Å². The first-order valence-corrected chi connectivity index (χ1v) is 8.24. The van der Waals surface area contributed by atoms with Gasteiger partial charge in [-0.25, -0.2) is 0 Å². The fourth-order valence-electron chi connectivity index (χ4n) is 3.37. The van der Waals surface area contributed by atoms with Crippen LogP contribution in [0.5, 0.6) is 0 Å². The zero-order valence-corrected chi connectivity index (χ0v) is 13.1. The first-order valence-electron chi connectivity index (χ1n) is 7.87. The van der Waals surface area contributed by atoms with E-state index in [4.69, 9.17) is 17.3 Å². The third kappa shape index (κ3) is 3.30. The molecule has 2 N–H and O–H groups in total. The van der Waals surface area contributed by atoms with Crippen LogP contribution in [0.2, 0.25) is 5.02 Å². The summed E-state index contributed by atoms with van der Waals surface area (Å²) in [6.45, 7) is 0.539. The summed E-state index contributed by atoms with van der Waals surface area (Å²) < 4.78 is 0. The molecule has 1 saturated carbocycles. The summed E-state index contributed by atoms with van der Waals surface area (Å²) in [5.74, 6) is 0.751. The molecule has 0 saturated heterocycles. The van der Waals surface area contributed by atoms with Crippen LogP contribution in [0.4, 0.5) is 0 Å². The largest absolute Gasteiger partial charge is 0.326 e. The Morgan fingerprint density at radius 3 is 2.33 bits per heavy atom. The monoisotopic (exact) mass is 299 g/mol. The van der Waals surface area contributed by atoms with Crippen LogP contribution in [0.15, 0.2) is 42.5 Å². The molecule has 3 rings (SSSR count). The normalized spacial score (nSPS) is 16.1. The van der Waals surface area contributed by atoms with Gasteiger partial charge in [0.25, 0.3) is 0 Å². The lowest BCUT2D eigenvalue weighted by molar-refractivity contribution is 0.443. The standard InChI is InChI=1S/C19H22ClN/c20-18-11-10-17(13-21)19(12-18)16-8-6-15(7-9-16)14-4-2-1-3-5-14/h6-12,14H,1-5,13,21H2. The number of rotatable bonds is 3. The Bertz CT molecular complexity index is 597. The van der Waals surface area contributed by atoms with Crippen molar-refractivity contribution in [2.24, 2.45) is 5.73 Å². The first-order chi connectivity index (χ1) is 10.3. The number of hydrogen-bond donors (Lipinski definition) is 1. The van der Waals surface area contributed by atoms with Crippen molar-refractivity contribution in [1.82, 2.24) is 0 Å². The van der Waals surface area contributed by atoms with E-state index in [1.807, 2.05) is 18.2 Å². The van der Waals surface area contributed by atoms with E-state index in [1.165, 1.54) is 43.2 Å². The molecule has 1 nitrogen and oxygen atoms in total. The molecule has 0 aromatic heterocycles. The van der Waals surface area contributed by atoms with Crippen molar-refractivity contribution in [2.75, 3.05) is 0 Å². The second-order valence-corrected chi connectivity index (χ2v) is 6.40. The molecule has 0 amide bonds. The molecule has 0 spiro atoms. The van der Waals surface area contributed by atoms with Crippen LogP contribution >= 0.6 is 11.6 Å². The van der Waals surface area contributed by atoms with Crippen molar-refractivity contribution in [3.63, 3.8) is 0 Å². The van der Waals surface area contributed by atoms with E-state index in [2.05, 4.69) is 24.3 Å². The van der Waals surface area contributed by atoms with E-state index in [1.54, 1.807) is 0 Å². The maximum absolute atomic E-state index is 6.14. The topological polar surface area (TPSA) is 26.0 Å². The molecule has 0 bridgehead atoms. The molecular formula is C19H22ClN. The van der Waals surface area contributed by atoms with Crippen LogP contribution in [0.25, 0.3) is 11.1 Å². The third-order valence-corrected chi connectivity index (χ3v) is 4.83. The number of hydrogen-bond acceptors (Lipinski definition) is 1. The highest BCUT2D eigenvalue weighted by Crippen LogP contribution is 2.34. The summed E-state index contributed by atoms with van der Waals surface area (Å²) >= 11 is 6.14. The van der Waals surface area contributed by atoms with Gasteiger partial charge in [0.2, 0.25) is 0 Å². The van der Waals surface area contributed by atoms with Gasteiger partial charge in [-0.3, -0.25) is 0 Å². The molecular weight excluding hydrogens is 278 g/mol. The van der Waals surface area contributed by atoms with E-state index in [0.717, 1.165) is 22.1 Å². The van der Waals surface area contributed by atoms with Crippen LogP contribution < -0.4 is 5.73 Å². The quantitative estimate of drug-likeness (QED) is 0.794. The second-order valence-electron chi connectivity index (χ2n) is 5.96. The molecule has 1 fully saturated rings. The highest BCUT2D eigenvalue weighted by molar-refractivity contribution is 6.30. The van der Waals surface area contributed by atoms with Gasteiger partial charge in [-0.1, -0.05) is 61.2 Å². The van der Waals surface area contributed by atoms with Crippen molar-refractivity contribution in [3.8, 4) is 11.1 Å². The van der Waals surface area contributed by atoms with E-state index in [-0.39, 0.29) is 0 Å². The fourth-order valence-corrected chi connectivity index (χ4v) is 3.54. The van der Waals surface area contributed by atoms with E-state index in [0.29, 0.717) is 6.54 Å². The van der Waals surface area contributed by atoms with Gasteiger partial charge in [0.05, 0.1) is 0 Å². The average Bonchev–Trinajstić information content (AvgIpc) is 2.56. The van der Waals surface area contributed by atoms with Crippen molar-refractivity contribution in [3.05, 3.63) is 58.6 Å². The van der Waals surface area contributed by atoms with Crippen molar-refractivity contribution in [1.29, 1.82) is 0 Å². The van der Waals surface area contributed by atoms with Gasteiger partial charge >= 0.3 is 0 Å². The highest BCUT2D eigenvalue weighted by atomic mass is 35.5. The average molecular weight is 300 g/mol. The highest BCUT2D eigenvalue weighted by Gasteiger charge is 2.15. The van der Waals surface area contributed by atoms with Gasteiger partial charge in [-0.2, -0.15) is 0 Å². The third-order valence-electron chi connectivity index (χ3n) is 4.59. The van der Waals surface area contributed by atoms with E-state index >= 15 is 0 Å². The van der Waals surface area contributed by atoms with Crippen molar-refractivity contribution < 1.29 is 0 Å². The second kappa shape index (κ2) is 6.64. The van der Waals surface area contributed by atoms with Gasteiger partial charge in [-0.15, -0.1) is 0 Å². The Balaban J connectivity index is 1.88. The first kappa shape index (κ1) is 14.6. The summed E-state index contributed by atoms with van der Waals surface area (Å²) in [6.07, 6.45) is 6.82. The Kier molecular flexibility index (Phi) is 4.62. The summed E-state index contributed by atoms with van der Waals surface area (Å²) in [5.41, 5.74) is 10.8. The lowest BCUT2D eigenvalue weighted by atomic mass is 9.83. The summed E-state index contributed by atoms with van der Waals surface area (Å²) in [4.78, 5) is 0. The Morgan fingerprint density at radius 2 is 1.67 bits per heavy atom. The van der Waals surface area contributed by atoms with Crippen molar-refractivity contribution >= 4 is 11.6 Å². The smallest absolute Gasteiger partial charge is 0.0412 e. The summed E-state index contributed by atoms with van der Waals surface area (Å²) in [6, 6.07) is 14.9.